The van der Waals surface area contributed by atoms with Crippen LogP contribution >= 0.6 is 0 Å². The molecule has 0 radical (unpaired) electrons. The average molecular weight is 443 g/mol. The number of piperazine rings is 1. The normalized spacial score (nSPS) is 13.4. The maximum Gasteiger partial charge on any atom is 0.409 e. The number of rotatable bonds is 6. The minimum absolute atomic E-state index is 0.000323. The number of anilines is 1. The molecule has 1 fully saturated rings. The van der Waals surface area contributed by atoms with E-state index in [0.29, 0.717) is 37.6 Å². The van der Waals surface area contributed by atoms with E-state index in [1.807, 2.05) is 0 Å². The molecule has 1 aromatic carbocycles. The number of carbonyl (C=O) groups excluding carboxylic acids is 3. The zero-order valence-electron chi connectivity index (χ0n) is 17.9. The summed E-state index contributed by atoms with van der Waals surface area (Å²) in [5, 5.41) is 6.72. The van der Waals surface area contributed by atoms with Gasteiger partial charge in [0.2, 0.25) is 5.91 Å². The summed E-state index contributed by atoms with van der Waals surface area (Å²) in [5.74, 6) is -0.188. The zero-order chi connectivity index (χ0) is 23.1. The lowest BCUT2D eigenvalue weighted by Gasteiger charge is -2.34. The van der Waals surface area contributed by atoms with Crippen LogP contribution in [0.15, 0.2) is 41.2 Å². The van der Waals surface area contributed by atoms with Gasteiger partial charge in [-0.1, -0.05) is 0 Å². The Morgan fingerprint density at radius 3 is 2.28 bits per heavy atom. The van der Waals surface area contributed by atoms with Crippen LogP contribution in [0.3, 0.4) is 0 Å². The summed E-state index contributed by atoms with van der Waals surface area (Å²) in [4.78, 5) is 52.2. The molecule has 1 aliphatic rings. The minimum Gasteiger partial charge on any atom is -0.497 e. The van der Waals surface area contributed by atoms with E-state index in [-0.39, 0.29) is 24.8 Å². The van der Waals surface area contributed by atoms with Gasteiger partial charge >= 0.3 is 6.09 Å². The summed E-state index contributed by atoms with van der Waals surface area (Å²) in [7, 11) is 1.54. The van der Waals surface area contributed by atoms with Crippen LogP contribution in [-0.2, 0) is 16.1 Å². The van der Waals surface area contributed by atoms with Crippen molar-refractivity contribution in [3.63, 3.8) is 0 Å². The Kier molecular flexibility index (Phi) is 7.42. The maximum atomic E-state index is 12.6. The number of aromatic nitrogens is 2. The fourth-order valence-corrected chi connectivity index (χ4v) is 3.13. The Morgan fingerprint density at radius 1 is 1.00 bits per heavy atom. The maximum absolute atomic E-state index is 12.6. The Bertz CT molecular complexity index is 1030. The highest BCUT2D eigenvalue weighted by Crippen LogP contribution is 2.15. The van der Waals surface area contributed by atoms with Gasteiger partial charge in [-0.15, -0.1) is 0 Å². The molecule has 1 aliphatic heterocycles. The van der Waals surface area contributed by atoms with Crippen LogP contribution in [0.1, 0.15) is 17.4 Å². The van der Waals surface area contributed by atoms with E-state index >= 15 is 0 Å². The van der Waals surface area contributed by atoms with E-state index in [1.54, 1.807) is 43.2 Å². The van der Waals surface area contributed by atoms with Crippen molar-refractivity contribution in [1.29, 1.82) is 0 Å². The Hall–Kier alpha value is -3.89. The van der Waals surface area contributed by atoms with E-state index in [1.165, 1.54) is 17.0 Å². The summed E-state index contributed by atoms with van der Waals surface area (Å²) in [6.07, 6.45) is -0.409. The molecule has 0 saturated carbocycles. The summed E-state index contributed by atoms with van der Waals surface area (Å²) >= 11 is 0. The first-order valence-corrected chi connectivity index (χ1v) is 10.1. The predicted molar refractivity (Wildman–Crippen MR) is 115 cm³/mol. The van der Waals surface area contributed by atoms with Crippen molar-refractivity contribution < 1.29 is 23.9 Å². The highest BCUT2D eigenvalue weighted by atomic mass is 16.6. The fraction of sp³-hybridized carbons (Fsp3) is 0.381. The van der Waals surface area contributed by atoms with E-state index in [2.05, 4.69) is 10.4 Å². The lowest BCUT2D eigenvalue weighted by atomic mass is 10.3. The van der Waals surface area contributed by atoms with Gasteiger partial charge in [0.15, 0.2) is 0 Å². The van der Waals surface area contributed by atoms with Crippen molar-refractivity contribution in [2.45, 2.75) is 13.5 Å². The number of ether oxygens (including phenoxy) is 2. The molecular weight excluding hydrogens is 418 g/mol. The van der Waals surface area contributed by atoms with Gasteiger partial charge in [0.25, 0.3) is 11.5 Å². The van der Waals surface area contributed by atoms with Gasteiger partial charge in [-0.3, -0.25) is 14.4 Å². The number of benzene rings is 1. The lowest BCUT2D eigenvalue weighted by Crippen LogP contribution is -2.51. The van der Waals surface area contributed by atoms with E-state index in [4.69, 9.17) is 9.47 Å². The lowest BCUT2D eigenvalue weighted by molar-refractivity contribution is -0.133. The molecule has 3 amide bonds. The third kappa shape index (κ3) is 5.62. The molecule has 0 spiro atoms. The summed E-state index contributed by atoms with van der Waals surface area (Å²) < 4.78 is 11.0. The van der Waals surface area contributed by atoms with Crippen molar-refractivity contribution in [3.05, 3.63) is 52.4 Å². The first-order valence-electron chi connectivity index (χ1n) is 10.1. The number of nitrogens with zero attached hydrogens (tertiary/aromatic N) is 4. The summed E-state index contributed by atoms with van der Waals surface area (Å²) in [5.41, 5.74) is 0.0377. The van der Waals surface area contributed by atoms with Crippen LogP contribution in [0.2, 0.25) is 0 Å². The minimum atomic E-state index is -0.514. The smallest absolute Gasteiger partial charge is 0.409 e. The van der Waals surface area contributed by atoms with Crippen LogP contribution in [0.25, 0.3) is 0 Å². The number of nitrogens with one attached hydrogen (secondary N) is 1. The highest BCUT2D eigenvalue weighted by Gasteiger charge is 2.25. The van der Waals surface area contributed by atoms with E-state index in [0.717, 1.165) is 4.68 Å². The number of carbonyl (C=O) groups is 3. The molecular formula is C21H25N5O6. The molecule has 1 N–H and O–H groups in total. The molecule has 3 rings (SSSR count). The van der Waals surface area contributed by atoms with Gasteiger partial charge in [0, 0.05) is 37.9 Å². The summed E-state index contributed by atoms with van der Waals surface area (Å²) in [6.45, 7) is 3.05. The average Bonchev–Trinajstić information content (AvgIpc) is 2.81. The number of methoxy groups -OCH3 is 1. The van der Waals surface area contributed by atoms with Crippen LogP contribution in [0.5, 0.6) is 5.75 Å². The van der Waals surface area contributed by atoms with E-state index < -0.39 is 17.6 Å². The van der Waals surface area contributed by atoms with Gasteiger partial charge < -0.3 is 24.6 Å². The van der Waals surface area contributed by atoms with Crippen molar-refractivity contribution in [2.75, 3.05) is 45.2 Å². The monoisotopic (exact) mass is 443 g/mol. The third-order valence-corrected chi connectivity index (χ3v) is 4.89. The van der Waals surface area contributed by atoms with Crippen LogP contribution in [-0.4, -0.2) is 77.4 Å². The van der Waals surface area contributed by atoms with Crippen molar-refractivity contribution in [1.82, 2.24) is 19.6 Å². The SMILES string of the molecule is CCOC(=O)N1CCN(C(=O)Cn2nc(C(=O)Nc3ccc(OC)cc3)ccc2=O)CC1. The molecule has 32 heavy (non-hydrogen) atoms. The second-order valence-electron chi connectivity index (χ2n) is 6.96. The van der Waals surface area contributed by atoms with Gasteiger partial charge in [-0.2, -0.15) is 5.10 Å². The number of hydrogen-bond acceptors (Lipinski definition) is 7. The number of amides is 3. The van der Waals surface area contributed by atoms with Crippen LogP contribution in [0, 0.1) is 0 Å². The second-order valence-corrected chi connectivity index (χ2v) is 6.96. The molecule has 11 nitrogen and oxygen atoms in total. The number of hydrogen-bond donors (Lipinski definition) is 1. The topological polar surface area (TPSA) is 123 Å². The van der Waals surface area contributed by atoms with Gasteiger partial charge in [0.1, 0.15) is 18.0 Å². The van der Waals surface area contributed by atoms with Crippen LogP contribution < -0.4 is 15.6 Å². The fourth-order valence-electron chi connectivity index (χ4n) is 3.13. The van der Waals surface area contributed by atoms with Crippen molar-refractivity contribution in [2.24, 2.45) is 0 Å². The largest absolute Gasteiger partial charge is 0.497 e. The van der Waals surface area contributed by atoms with Crippen molar-refractivity contribution >= 4 is 23.6 Å². The molecule has 170 valence electrons. The standard InChI is InChI=1S/C21H25N5O6/c1-3-32-21(30)25-12-10-24(11-13-25)19(28)14-26-18(27)9-8-17(23-26)20(29)22-15-4-6-16(31-2)7-5-15/h4-9H,3,10-14H2,1-2H3,(H,22,29). The molecule has 0 aliphatic carbocycles. The van der Waals surface area contributed by atoms with Gasteiger partial charge in [0.05, 0.1) is 13.7 Å². The molecule has 1 aromatic heterocycles. The first-order chi connectivity index (χ1) is 15.4. The Balaban J connectivity index is 1.61. The second kappa shape index (κ2) is 10.4. The molecule has 2 aromatic rings. The first kappa shape index (κ1) is 22.8. The third-order valence-electron chi connectivity index (χ3n) is 4.89. The molecule has 0 unspecified atom stereocenters. The summed E-state index contributed by atoms with van der Waals surface area (Å²) in [6, 6.07) is 9.25. The molecule has 11 heteroatoms. The van der Waals surface area contributed by atoms with Crippen molar-refractivity contribution in [3.8, 4) is 5.75 Å². The van der Waals surface area contributed by atoms with Crippen LogP contribution in [0.4, 0.5) is 10.5 Å². The molecule has 1 saturated heterocycles. The zero-order valence-corrected chi connectivity index (χ0v) is 17.9. The Labute approximate surface area is 184 Å². The quantitative estimate of drug-likeness (QED) is 0.701. The van der Waals surface area contributed by atoms with Gasteiger partial charge in [-0.25, -0.2) is 9.48 Å². The molecule has 0 bridgehead atoms. The van der Waals surface area contributed by atoms with E-state index in [9.17, 15) is 19.2 Å². The highest BCUT2D eigenvalue weighted by molar-refractivity contribution is 6.02. The molecule has 0 atom stereocenters. The Morgan fingerprint density at radius 2 is 1.66 bits per heavy atom. The predicted octanol–water partition coefficient (Wildman–Crippen LogP) is 0.805. The van der Waals surface area contributed by atoms with Gasteiger partial charge in [-0.05, 0) is 37.3 Å². The molecule has 2 heterocycles.